The molecular formula is C33H26N2O6. The second kappa shape index (κ2) is 12.1. The number of methoxy groups -OCH3 is 2. The lowest BCUT2D eigenvalue weighted by Crippen LogP contribution is -2.21. The molecule has 8 heteroatoms. The van der Waals surface area contributed by atoms with Crippen LogP contribution >= 0.6 is 0 Å². The fourth-order valence-corrected chi connectivity index (χ4v) is 4.57. The molecule has 4 aromatic carbocycles. The van der Waals surface area contributed by atoms with Gasteiger partial charge >= 0.3 is 5.97 Å². The van der Waals surface area contributed by atoms with Gasteiger partial charge in [-0.1, -0.05) is 54.6 Å². The highest BCUT2D eigenvalue weighted by Crippen LogP contribution is 2.42. The molecule has 5 rings (SSSR count). The molecule has 1 N–H and O–H groups in total. The van der Waals surface area contributed by atoms with E-state index < -0.39 is 18.5 Å². The van der Waals surface area contributed by atoms with Crippen LogP contribution in [0.1, 0.15) is 11.1 Å². The van der Waals surface area contributed by atoms with Crippen LogP contribution < -0.4 is 14.8 Å². The lowest BCUT2D eigenvalue weighted by molar-refractivity contribution is -0.146. The maximum absolute atomic E-state index is 12.8. The summed E-state index contributed by atoms with van der Waals surface area (Å²) in [6, 6.07) is 29.9. The van der Waals surface area contributed by atoms with Gasteiger partial charge in [-0.3, -0.25) is 14.9 Å². The third kappa shape index (κ3) is 5.89. The fourth-order valence-electron chi connectivity index (χ4n) is 4.57. The van der Waals surface area contributed by atoms with Gasteiger partial charge in [0.2, 0.25) is 5.88 Å². The first-order valence-corrected chi connectivity index (χ1v) is 12.8. The van der Waals surface area contributed by atoms with Crippen LogP contribution in [0.5, 0.6) is 11.5 Å². The van der Waals surface area contributed by atoms with Crippen molar-refractivity contribution in [3.05, 3.63) is 102 Å². The summed E-state index contributed by atoms with van der Waals surface area (Å²) < 4.78 is 21.8. The number of furan rings is 1. The summed E-state index contributed by atoms with van der Waals surface area (Å²) in [5.41, 5.74) is 2.81. The number of amides is 1. The summed E-state index contributed by atoms with van der Waals surface area (Å²) in [5.74, 6) is 0.474. The molecule has 5 aromatic rings. The van der Waals surface area contributed by atoms with E-state index in [0.29, 0.717) is 33.9 Å². The smallest absolute Gasteiger partial charge is 0.310 e. The number of esters is 1. The Kier molecular flexibility index (Phi) is 7.98. The van der Waals surface area contributed by atoms with Gasteiger partial charge in [0, 0.05) is 11.1 Å². The van der Waals surface area contributed by atoms with Crippen molar-refractivity contribution in [2.45, 2.75) is 6.42 Å². The average molecular weight is 547 g/mol. The quantitative estimate of drug-likeness (QED) is 0.214. The van der Waals surface area contributed by atoms with E-state index in [9.17, 15) is 14.9 Å². The summed E-state index contributed by atoms with van der Waals surface area (Å²) >= 11 is 0. The molecule has 0 bridgehead atoms. The predicted octanol–water partition coefficient (Wildman–Crippen LogP) is 6.38. The van der Waals surface area contributed by atoms with Gasteiger partial charge in [0.05, 0.1) is 20.6 Å². The van der Waals surface area contributed by atoms with Crippen molar-refractivity contribution < 1.29 is 28.2 Å². The van der Waals surface area contributed by atoms with Crippen molar-refractivity contribution in [1.29, 1.82) is 5.26 Å². The third-order valence-corrected chi connectivity index (χ3v) is 6.58. The van der Waals surface area contributed by atoms with Crippen LogP contribution in [0, 0.1) is 11.3 Å². The fraction of sp³-hybridized carbons (Fsp3) is 0.121. The van der Waals surface area contributed by atoms with Crippen LogP contribution in [-0.2, 0) is 20.7 Å². The zero-order valence-corrected chi connectivity index (χ0v) is 22.5. The first kappa shape index (κ1) is 27.0. The average Bonchev–Trinajstić information content (AvgIpc) is 3.38. The molecule has 0 aliphatic carbocycles. The van der Waals surface area contributed by atoms with E-state index in [0.717, 1.165) is 16.3 Å². The van der Waals surface area contributed by atoms with E-state index in [1.807, 2.05) is 42.5 Å². The maximum atomic E-state index is 12.8. The number of nitriles is 1. The van der Waals surface area contributed by atoms with Crippen LogP contribution in [-0.4, -0.2) is 32.7 Å². The first-order valence-electron chi connectivity index (χ1n) is 12.8. The molecule has 0 unspecified atom stereocenters. The number of fused-ring (bicyclic) bond motifs is 1. The minimum absolute atomic E-state index is 0.0159. The molecule has 0 aliphatic rings. The lowest BCUT2D eigenvalue weighted by Gasteiger charge is -2.08. The standard InChI is InChI=1S/C33H26N2O6/c1-38-25-14-10-22(11-15-25)31-28(19-34)33(41-32(31)23-12-16-26(39-2)17-13-23)35-29(36)20-40-30(37)18-24-8-5-7-21-6-3-4-9-27(21)24/h3-17H,18,20H2,1-2H3,(H,35,36). The number of carbonyl (C=O) groups excluding carboxylic acids is 2. The zero-order chi connectivity index (χ0) is 28.8. The third-order valence-electron chi connectivity index (χ3n) is 6.58. The molecule has 0 spiro atoms. The largest absolute Gasteiger partial charge is 0.497 e. The normalized spacial score (nSPS) is 10.6. The molecule has 1 aromatic heterocycles. The molecule has 0 aliphatic heterocycles. The van der Waals surface area contributed by atoms with E-state index in [1.54, 1.807) is 62.8 Å². The molecule has 0 saturated heterocycles. The van der Waals surface area contributed by atoms with Crippen molar-refractivity contribution in [1.82, 2.24) is 0 Å². The maximum Gasteiger partial charge on any atom is 0.310 e. The Balaban J connectivity index is 1.37. The van der Waals surface area contributed by atoms with Gasteiger partial charge in [-0.15, -0.1) is 0 Å². The Morgan fingerprint density at radius 3 is 2.12 bits per heavy atom. The van der Waals surface area contributed by atoms with Crippen molar-refractivity contribution in [3.63, 3.8) is 0 Å². The minimum Gasteiger partial charge on any atom is -0.497 e. The van der Waals surface area contributed by atoms with Gasteiger partial charge in [-0.25, -0.2) is 0 Å². The van der Waals surface area contributed by atoms with Crippen molar-refractivity contribution >= 4 is 28.5 Å². The van der Waals surface area contributed by atoms with Gasteiger partial charge in [0.1, 0.15) is 28.9 Å². The molecular weight excluding hydrogens is 520 g/mol. The van der Waals surface area contributed by atoms with Gasteiger partial charge in [0.15, 0.2) is 6.61 Å². The summed E-state index contributed by atoms with van der Waals surface area (Å²) in [7, 11) is 3.14. The molecule has 0 fully saturated rings. The van der Waals surface area contributed by atoms with E-state index in [4.69, 9.17) is 18.6 Å². The molecule has 41 heavy (non-hydrogen) atoms. The Bertz CT molecular complexity index is 1740. The monoisotopic (exact) mass is 546 g/mol. The number of rotatable bonds is 9. The van der Waals surface area contributed by atoms with E-state index in [1.165, 1.54) is 0 Å². The van der Waals surface area contributed by atoms with Crippen LogP contribution in [0.3, 0.4) is 0 Å². The van der Waals surface area contributed by atoms with Crippen LogP contribution in [0.25, 0.3) is 33.2 Å². The summed E-state index contributed by atoms with van der Waals surface area (Å²) in [6.45, 7) is -0.537. The zero-order valence-electron chi connectivity index (χ0n) is 22.5. The molecule has 1 amide bonds. The molecule has 0 radical (unpaired) electrons. The number of nitrogens with one attached hydrogen (secondary N) is 1. The predicted molar refractivity (Wildman–Crippen MR) is 155 cm³/mol. The number of ether oxygens (including phenoxy) is 3. The number of carbonyl (C=O) groups is 2. The highest BCUT2D eigenvalue weighted by molar-refractivity contribution is 5.97. The Morgan fingerprint density at radius 2 is 1.46 bits per heavy atom. The molecule has 0 atom stereocenters. The summed E-state index contributed by atoms with van der Waals surface area (Å²) in [4.78, 5) is 25.4. The van der Waals surface area contributed by atoms with Crippen LogP contribution in [0.15, 0.2) is 95.4 Å². The second-order valence-electron chi connectivity index (χ2n) is 9.10. The second-order valence-corrected chi connectivity index (χ2v) is 9.10. The number of benzene rings is 4. The number of nitrogens with zero attached hydrogens (tertiary/aromatic N) is 1. The van der Waals surface area contributed by atoms with Crippen molar-refractivity contribution in [2.24, 2.45) is 0 Å². The molecule has 204 valence electrons. The van der Waals surface area contributed by atoms with Gasteiger partial charge < -0.3 is 18.6 Å². The van der Waals surface area contributed by atoms with Gasteiger partial charge in [-0.05, 0) is 58.3 Å². The van der Waals surface area contributed by atoms with E-state index >= 15 is 0 Å². The Morgan fingerprint density at radius 1 is 0.829 bits per heavy atom. The van der Waals surface area contributed by atoms with Gasteiger partial charge in [-0.2, -0.15) is 5.26 Å². The lowest BCUT2D eigenvalue weighted by atomic mass is 9.98. The number of hydrogen-bond acceptors (Lipinski definition) is 7. The molecule has 0 saturated carbocycles. The number of anilines is 1. The highest BCUT2D eigenvalue weighted by atomic mass is 16.5. The Labute approximate surface area is 236 Å². The van der Waals surface area contributed by atoms with E-state index in [-0.39, 0.29) is 17.9 Å². The molecule has 8 nitrogen and oxygen atoms in total. The summed E-state index contributed by atoms with van der Waals surface area (Å²) in [5, 5.41) is 14.7. The topological polar surface area (TPSA) is 111 Å². The van der Waals surface area contributed by atoms with Crippen molar-refractivity contribution in [2.75, 3.05) is 26.1 Å². The van der Waals surface area contributed by atoms with Crippen LogP contribution in [0.2, 0.25) is 0 Å². The van der Waals surface area contributed by atoms with Crippen LogP contribution in [0.4, 0.5) is 5.88 Å². The Hall–Kier alpha value is -5.55. The van der Waals surface area contributed by atoms with E-state index in [2.05, 4.69) is 11.4 Å². The highest BCUT2D eigenvalue weighted by Gasteiger charge is 2.25. The minimum atomic E-state index is -0.635. The van der Waals surface area contributed by atoms with Gasteiger partial charge in [0.25, 0.3) is 5.91 Å². The molecule has 1 heterocycles. The van der Waals surface area contributed by atoms with Crippen molar-refractivity contribution in [3.8, 4) is 40.0 Å². The first-order chi connectivity index (χ1) is 20.0. The summed E-state index contributed by atoms with van der Waals surface area (Å²) in [6.07, 6.45) is 0.0159. The SMILES string of the molecule is COc1ccc(-c2oc(NC(=O)COC(=O)Cc3cccc4ccccc34)c(C#N)c2-c2ccc(OC)cc2)cc1. The number of hydrogen-bond donors (Lipinski definition) is 1.